The van der Waals surface area contributed by atoms with Crippen LogP contribution in [0.15, 0.2) is 24.3 Å². The van der Waals surface area contributed by atoms with Crippen LogP contribution in [0.3, 0.4) is 0 Å². The third kappa shape index (κ3) is 3.50. The number of ether oxygens (including phenoxy) is 1. The molecule has 1 N–H and O–H groups in total. The molecule has 7 nitrogen and oxygen atoms in total. The van der Waals surface area contributed by atoms with Crippen molar-refractivity contribution in [1.29, 1.82) is 0 Å². The summed E-state index contributed by atoms with van der Waals surface area (Å²) in [7, 11) is 1.31. The summed E-state index contributed by atoms with van der Waals surface area (Å²) in [6.45, 7) is 0. The molecule has 0 heterocycles. The second-order valence-corrected chi connectivity index (χ2v) is 8.87. The molecule has 5 rings (SSSR count). The van der Waals surface area contributed by atoms with Crippen molar-refractivity contribution in [2.45, 2.75) is 51.0 Å². The molecule has 4 aliphatic rings. The van der Waals surface area contributed by atoms with E-state index >= 15 is 0 Å². The van der Waals surface area contributed by atoms with Crippen LogP contribution in [0.1, 0.15) is 44.1 Å². The number of hydrogen-bond acceptors (Lipinski definition) is 5. The number of nitrogens with zero attached hydrogens (tertiary/aromatic N) is 1. The van der Waals surface area contributed by atoms with Crippen LogP contribution in [-0.4, -0.2) is 30.0 Å². The van der Waals surface area contributed by atoms with Gasteiger partial charge < -0.3 is 10.1 Å². The Bertz CT molecular complexity index is 753. The molecule has 0 radical (unpaired) electrons. The van der Waals surface area contributed by atoms with Crippen LogP contribution in [-0.2, 0) is 20.7 Å². The molecule has 28 heavy (non-hydrogen) atoms. The lowest BCUT2D eigenvalue weighted by molar-refractivity contribution is -0.384. The van der Waals surface area contributed by atoms with Gasteiger partial charge in [0.15, 0.2) is 0 Å². The number of hydrogen-bond donors (Lipinski definition) is 1. The first kappa shape index (κ1) is 18.9. The van der Waals surface area contributed by atoms with Crippen molar-refractivity contribution in [3.8, 4) is 0 Å². The van der Waals surface area contributed by atoms with E-state index in [1.165, 1.54) is 38.5 Å². The third-order valence-electron chi connectivity index (χ3n) is 6.90. The lowest BCUT2D eigenvalue weighted by Crippen LogP contribution is -2.56. The highest BCUT2D eigenvalue weighted by atomic mass is 16.6. The van der Waals surface area contributed by atoms with Gasteiger partial charge in [-0.25, -0.2) is 4.79 Å². The summed E-state index contributed by atoms with van der Waals surface area (Å²) >= 11 is 0. The number of methoxy groups -OCH3 is 1. The van der Waals surface area contributed by atoms with E-state index in [2.05, 4.69) is 5.32 Å². The van der Waals surface area contributed by atoms with E-state index < -0.39 is 16.9 Å². The monoisotopic (exact) mass is 386 g/mol. The van der Waals surface area contributed by atoms with Crippen LogP contribution in [0.2, 0.25) is 0 Å². The van der Waals surface area contributed by atoms with E-state index in [0.29, 0.717) is 17.8 Å². The number of amides is 1. The summed E-state index contributed by atoms with van der Waals surface area (Å²) in [5.74, 6) is 1.41. The summed E-state index contributed by atoms with van der Waals surface area (Å²) in [6, 6.07) is 5.26. The molecule has 150 valence electrons. The molecule has 4 saturated carbocycles. The number of non-ortho nitro benzene ring substituents is 1. The molecule has 4 bridgehead atoms. The molecule has 0 saturated heterocycles. The van der Waals surface area contributed by atoms with Gasteiger partial charge in [0.25, 0.3) is 5.69 Å². The van der Waals surface area contributed by atoms with E-state index in [4.69, 9.17) is 4.74 Å². The van der Waals surface area contributed by atoms with Gasteiger partial charge in [0.1, 0.15) is 6.04 Å². The van der Waals surface area contributed by atoms with Gasteiger partial charge in [-0.05, 0) is 61.8 Å². The molecule has 1 amide bonds. The molecule has 0 aromatic heterocycles. The fourth-order valence-electron chi connectivity index (χ4n) is 6.03. The topological polar surface area (TPSA) is 98.5 Å². The van der Waals surface area contributed by atoms with Gasteiger partial charge in [-0.2, -0.15) is 0 Å². The molecular formula is C21H26N2O5. The molecule has 1 aromatic rings. The van der Waals surface area contributed by atoms with Gasteiger partial charge >= 0.3 is 5.97 Å². The summed E-state index contributed by atoms with van der Waals surface area (Å²) in [5, 5.41) is 13.8. The Morgan fingerprint density at radius 3 is 2.14 bits per heavy atom. The van der Waals surface area contributed by atoms with Crippen molar-refractivity contribution in [2.75, 3.05) is 7.11 Å². The molecule has 1 aromatic carbocycles. The Morgan fingerprint density at radius 2 is 1.68 bits per heavy atom. The zero-order valence-corrected chi connectivity index (χ0v) is 16.1. The molecule has 4 fully saturated rings. The first-order chi connectivity index (χ1) is 13.4. The maximum atomic E-state index is 13.3. The van der Waals surface area contributed by atoms with Crippen molar-refractivity contribution in [3.63, 3.8) is 0 Å². The average Bonchev–Trinajstić information content (AvgIpc) is 2.66. The lowest BCUT2D eigenvalue weighted by atomic mass is 9.49. The summed E-state index contributed by atoms with van der Waals surface area (Å²) < 4.78 is 4.90. The van der Waals surface area contributed by atoms with E-state index in [1.54, 1.807) is 12.1 Å². The van der Waals surface area contributed by atoms with Gasteiger partial charge in [-0.15, -0.1) is 0 Å². The fourth-order valence-corrected chi connectivity index (χ4v) is 6.03. The third-order valence-corrected chi connectivity index (χ3v) is 6.90. The summed E-state index contributed by atoms with van der Waals surface area (Å²) in [5.41, 5.74) is 0.402. The Morgan fingerprint density at radius 1 is 1.14 bits per heavy atom. The first-order valence-corrected chi connectivity index (χ1v) is 10.0. The number of nitro benzene ring substituents is 1. The van der Waals surface area contributed by atoms with Gasteiger partial charge in [0.2, 0.25) is 5.91 Å². The van der Waals surface area contributed by atoms with E-state index in [0.717, 1.165) is 24.8 Å². The minimum Gasteiger partial charge on any atom is -0.467 e. The highest BCUT2D eigenvalue weighted by Crippen LogP contribution is 2.60. The molecule has 0 unspecified atom stereocenters. The van der Waals surface area contributed by atoms with Crippen molar-refractivity contribution >= 4 is 17.6 Å². The van der Waals surface area contributed by atoms with Crippen molar-refractivity contribution in [1.82, 2.24) is 5.32 Å². The average molecular weight is 386 g/mol. The number of esters is 1. The Balaban J connectivity index is 1.48. The second-order valence-electron chi connectivity index (χ2n) is 8.87. The molecule has 1 atom stereocenters. The van der Waals surface area contributed by atoms with Crippen LogP contribution >= 0.6 is 0 Å². The largest absolute Gasteiger partial charge is 0.467 e. The number of benzene rings is 1. The van der Waals surface area contributed by atoms with Crippen LogP contribution in [0.25, 0.3) is 0 Å². The van der Waals surface area contributed by atoms with Crippen molar-refractivity contribution < 1.29 is 19.2 Å². The smallest absolute Gasteiger partial charge is 0.328 e. The molecule has 0 spiro atoms. The van der Waals surface area contributed by atoms with Gasteiger partial charge in [0, 0.05) is 24.0 Å². The standard InChI is InChI=1S/C21H26N2O5/c1-28-19(24)18(9-13-2-4-17(5-3-13)23(26)27)22-20(25)21-10-14-6-15(11-21)8-16(7-14)12-21/h2-5,14-16,18H,6-12H2,1H3,(H,22,25)/t14?,15?,16?,18-,21?/m0/s1. The quantitative estimate of drug-likeness (QED) is 0.460. The maximum absolute atomic E-state index is 13.3. The Labute approximate surface area is 164 Å². The zero-order chi connectivity index (χ0) is 19.9. The highest BCUT2D eigenvalue weighted by molar-refractivity contribution is 5.88. The predicted molar refractivity (Wildman–Crippen MR) is 101 cm³/mol. The molecule has 0 aliphatic heterocycles. The van der Waals surface area contributed by atoms with Gasteiger partial charge in [-0.1, -0.05) is 12.1 Å². The normalized spacial score (nSPS) is 31.2. The van der Waals surface area contributed by atoms with E-state index in [9.17, 15) is 19.7 Å². The van der Waals surface area contributed by atoms with Crippen molar-refractivity contribution in [3.05, 3.63) is 39.9 Å². The van der Waals surface area contributed by atoms with Crippen LogP contribution in [0.4, 0.5) is 5.69 Å². The van der Waals surface area contributed by atoms with Crippen LogP contribution in [0, 0.1) is 33.3 Å². The number of rotatable bonds is 6. The minimum atomic E-state index is -0.785. The molecular weight excluding hydrogens is 360 g/mol. The fraction of sp³-hybridized carbons (Fsp3) is 0.619. The molecule has 4 aliphatic carbocycles. The Kier molecular flexibility index (Phi) is 4.85. The minimum absolute atomic E-state index is 0.00373. The number of carbonyl (C=O) groups is 2. The van der Waals surface area contributed by atoms with Gasteiger partial charge in [-0.3, -0.25) is 14.9 Å². The summed E-state index contributed by atoms with van der Waals surface area (Å²) in [6.07, 6.45) is 6.77. The lowest BCUT2D eigenvalue weighted by Gasteiger charge is -2.55. The van der Waals surface area contributed by atoms with Gasteiger partial charge in [0.05, 0.1) is 12.0 Å². The number of nitro groups is 1. The SMILES string of the molecule is COC(=O)[C@H](Cc1ccc([N+](=O)[O-])cc1)NC(=O)C12CC3CC(CC(C3)C1)C2. The zero-order valence-electron chi connectivity index (χ0n) is 16.1. The maximum Gasteiger partial charge on any atom is 0.328 e. The van der Waals surface area contributed by atoms with Crippen LogP contribution < -0.4 is 5.32 Å². The highest BCUT2D eigenvalue weighted by Gasteiger charge is 2.55. The van der Waals surface area contributed by atoms with Crippen molar-refractivity contribution in [2.24, 2.45) is 23.2 Å². The summed E-state index contributed by atoms with van der Waals surface area (Å²) in [4.78, 5) is 35.9. The number of carbonyl (C=O) groups excluding carboxylic acids is 2. The van der Waals surface area contributed by atoms with E-state index in [1.807, 2.05) is 0 Å². The molecule has 7 heteroatoms. The van der Waals surface area contributed by atoms with E-state index in [-0.39, 0.29) is 23.4 Å². The first-order valence-electron chi connectivity index (χ1n) is 10.0. The predicted octanol–water partition coefficient (Wildman–Crippen LogP) is 3.01. The second kappa shape index (κ2) is 7.18. The Hall–Kier alpha value is -2.44. The number of nitrogens with one attached hydrogen (secondary N) is 1. The van der Waals surface area contributed by atoms with Crippen LogP contribution in [0.5, 0.6) is 0 Å².